The number of ether oxygens (including phenoxy) is 1. The van der Waals surface area contributed by atoms with Crippen LogP contribution in [0.2, 0.25) is 0 Å². The predicted molar refractivity (Wildman–Crippen MR) is 61.2 cm³/mol. The molecule has 1 aromatic carbocycles. The van der Waals surface area contributed by atoms with E-state index in [1.54, 1.807) is 18.2 Å². The van der Waals surface area contributed by atoms with Gasteiger partial charge in [-0.15, -0.1) is 0 Å². The van der Waals surface area contributed by atoms with Gasteiger partial charge in [0, 0.05) is 0 Å². The fraction of sp³-hybridized carbons (Fsp3) is 0.538. The van der Waals surface area contributed by atoms with Crippen molar-refractivity contribution in [2.45, 2.75) is 33.4 Å². The van der Waals surface area contributed by atoms with Gasteiger partial charge in [-0.3, -0.25) is 0 Å². The highest BCUT2D eigenvalue weighted by molar-refractivity contribution is 5.34. The van der Waals surface area contributed by atoms with Crippen molar-refractivity contribution >= 4 is 0 Å². The summed E-state index contributed by atoms with van der Waals surface area (Å²) in [5.74, 6) is 0.319. The summed E-state index contributed by atoms with van der Waals surface area (Å²) in [5, 5.41) is 0. The molecular weight excluding hydrogens is 229 g/mol. The van der Waals surface area contributed by atoms with E-state index >= 15 is 0 Å². The molecule has 0 saturated carbocycles. The van der Waals surface area contributed by atoms with Gasteiger partial charge in [0.05, 0.1) is 0 Å². The number of hydrogen-bond acceptors (Lipinski definition) is 1. The van der Waals surface area contributed by atoms with Crippen LogP contribution in [0.5, 0.6) is 5.75 Å². The smallest absolute Gasteiger partial charge is 0.422 e. The Bertz CT molecular complexity index is 364. The summed E-state index contributed by atoms with van der Waals surface area (Å²) in [6.45, 7) is 4.86. The van der Waals surface area contributed by atoms with Gasteiger partial charge in [-0.1, -0.05) is 39.0 Å². The molecule has 0 atom stereocenters. The molecule has 0 radical (unpaired) electrons. The molecule has 17 heavy (non-hydrogen) atoms. The maximum atomic E-state index is 12.1. The lowest BCUT2D eigenvalue weighted by Gasteiger charge is -2.20. The van der Waals surface area contributed by atoms with E-state index in [4.69, 9.17) is 4.74 Å². The number of hydrogen-bond donors (Lipinski definition) is 0. The molecule has 0 N–H and O–H groups in total. The highest BCUT2D eigenvalue weighted by atomic mass is 19.4. The van der Waals surface area contributed by atoms with Crippen molar-refractivity contribution in [3.63, 3.8) is 0 Å². The Balaban J connectivity index is 2.78. The van der Waals surface area contributed by atoms with E-state index in [2.05, 4.69) is 0 Å². The summed E-state index contributed by atoms with van der Waals surface area (Å²) in [4.78, 5) is 0. The summed E-state index contributed by atoms with van der Waals surface area (Å²) in [5.41, 5.74) is 0.821. The van der Waals surface area contributed by atoms with Gasteiger partial charge in [-0.05, 0) is 23.5 Å². The molecule has 0 amide bonds. The minimum absolute atomic E-state index is 0.0116. The van der Waals surface area contributed by atoms with Crippen LogP contribution in [-0.2, 0) is 6.42 Å². The highest BCUT2D eigenvalue weighted by Gasteiger charge is 2.29. The van der Waals surface area contributed by atoms with Crippen molar-refractivity contribution in [2.24, 2.45) is 5.41 Å². The third-order valence-electron chi connectivity index (χ3n) is 2.08. The first-order valence-corrected chi connectivity index (χ1v) is 5.45. The lowest BCUT2D eigenvalue weighted by molar-refractivity contribution is -0.153. The largest absolute Gasteiger partial charge is 0.484 e. The average molecular weight is 246 g/mol. The van der Waals surface area contributed by atoms with E-state index in [1.165, 1.54) is 0 Å². The fourth-order valence-electron chi connectivity index (χ4n) is 1.52. The Morgan fingerprint density at radius 1 is 1.06 bits per heavy atom. The van der Waals surface area contributed by atoms with E-state index in [1.807, 2.05) is 26.8 Å². The molecule has 0 saturated heterocycles. The molecule has 1 nitrogen and oxygen atoms in total. The van der Waals surface area contributed by atoms with Crippen LogP contribution >= 0.6 is 0 Å². The van der Waals surface area contributed by atoms with Crippen LogP contribution in [0.3, 0.4) is 0 Å². The first kappa shape index (κ1) is 13.9. The van der Waals surface area contributed by atoms with Gasteiger partial charge in [0.1, 0.15) is 5.75 Å². The second-order valence-corrected chi connectivity index (χ2v) is 5.25. The zero-order valence-corrected chi connectivity index (χ0v) is 10.3. The van der Waals surface area contributed by atoms with Gasteiger partial charge >= 0.3 is 6.18 Å². The van der Waals surface area contributed by atoms with Crippen molar-refractivity contribution < 1.29 is 17.9 Å². The standard InChI is InChI=1S/C13H17F3O/c1-12(2,3)8-10-6-4-5-7-11(10)17-9-13(14,15)16/h4-7H,8-9H2,1-3H3. The number of rotatable bonds is 3. The first-order valence-electron chi connectivity index (χ1n) is 5.45. The molecule has 96 valence electrons. The third kappa shape index (κ3) is 5.61. The highest BCUT2D eigenvalue weighted by Crippen LogP contribution is 2.28. The summed E-state index contributed by atoms with van der Waals surface area (Å²) >= 11 is 0. The van der Waals surface area contributed by atoms with Crippen LogP contribution in [0.15, 0.2) is 24.3 Å². The number of halogens is 3. The van der Waals surface area contributed by atoms with Crippen molar-refractivity contribution in [3.8, 4) is 5.75 Å². The number of benzene rings is 1. The molecule has 0 aliphatic heterocycles. The quantitative estimate of drug-likeness (QED) is 0.776. The molecule has 0 heterocycles. The van der Waals surface area contributed by atoms with E-state index in [0.29, 0.717) is 12.2 Å². The third-order valence-corrected chi connectivity index (χ3v) is 2.08. The SMILES string of the molecule is CC(C)(C)Cc1ccccc1OCC(F)(F)F. The second kappa shape index (κ2) is 4.98. The van der Waals surface area contributed by atoms with Gasteiger partial charge in [0.25, 0.3) is 0 Å². The zero-order valence-electron chi connectivity index (χ0n) is 10.3. The van der Waals surface area contributed by atoms with Crippen molar-refractivity contribution in [1.29, 1.82) is 0 Å². The van der Waals surface area contributed by atoms with Crippen LogP contribution in [0, 0.1) is 5.41 Å². The number of alkyl halides is 3. The Morgan fingerprint density at radius 3 is 2.18 bits per heavy atom. The van der Waals surface area contributed by atoms with Gasteiger partial charge in [-0.25, -0.2) is 0 Å². The lowest BCUT2D eigenvalue weighted by atomic mass is 9.88. The maximum absolute atomic E-state index is 12.1. The van der Waals surface area contributed by atoms with Gasteiger partial charge in [-0.2, -0.15) is 13.2 Å². The Labute approximate surface area is 99.6 Å². The summed E-state index contributed by atoms with van der Waals surface area (Å²) < 4.78 is 41.1. The molecule has 0 aromatic heterocycles. The van der Waals surface area contributed by atoms with E-state index in [-0.39, 0.29) is 5.41 Å². The van der Waals surface area contributed by atoms with Gasteiger partial charge in [0.2, 0.25) is 0 Å². The van der Waals surface area contributed by atoms with Crippen LogP contribution < -0.4 is 4.74 Å². The molecule has 0 unspecified atom stereocenters. The van der Waals surface area contributed by atoms with Crippen molar-refractivity contribution in [2.75, 3.05) is 6.61 Å². The molecular formula is C13H17F3O. The molecule has 0 spiro atoms. The minimum Gasteiger partial charge on any atom is -0.484 e. The molecule has 1 rings (SSSR count). The zero-order chi connectivity index (χ0) is 13.1. The number of para-hydroxylation sites is 1. The Hall–Kier alpha value is -1.19. The fourth-order valence-corrected chi connectivity index (χ4v) is 1.52. The van der Waals surface area contributed by atoms with Crippen LogP contribution in [0.4, 0.5) is 13.2 Å². The Morgan fingerprint density at radius 2 is 1.65 bits per heavy atom. The van der Waals surface area contributed by atoms with E-state index in [9.17, 15) is 13.2 Å². The maximum Gasteiger partial charge on any atom is 0.422 e. The normalized spacial score (nSPS) is 12.6. The topological polar surface area (TPSA) is 9.23 Å². The molecule has 0 bridgehead atoms. The molecule has 0 fully saturated rings. The summed E-state index contributed by atoms with van der Waals surface area (Å²) in [6, 6.07) is 6.86. The molecule has 0 aliphatic rings. The lowest BCUT2D eigenvalue weighted by Crippen LogP contribution is -2.20. The van der Waals surface area contributed by atoms with Crippen LogP contribution in [-0.4, -0.2) is 12.8 Å². The van der Waals surface area contributed by atoms with E-state index < -0.39 is 12.8 Å². The second-order valence-electron chi connectivity index (χ2n) is 5.25. The predicted octanol–water partition coefficient (Wildman–Crippen LogP) is 4.22. The molecule has 0 aliphatic carbocycles. The minimum atomic E-state index is -4.30. The molecule has 4 heteroatoms. The first-order chi connectivity index (χ1) is 7.67. The van der Waals surface area contributed by atoms with Crippen molar-refractivity contribution in [1.82, 2.24) is 0 Å². The van der Waals surface area contributed by atoms with E-state index in [0.717, 1.165) is 5.56 Å². The average Bonchev–Trinajstić information content (AvgIpc) is 2.12. The van der Waals surface area contributed by atoms with Gasteiger partial charge in [0.15, 0.2) is 6.61 Å². The van der Waals surface area contributed by atoms with Gasteiger partial charge < -0.3 is 4.74 Å². The monoisotopic (exact) mass is 246 g/mol. The summed E-state index contributed by atoms with van der Waals surface area (Å²) in [7, 11) is 0. The molecule has 1 aromatic rings. The van der Waals surface area contributed by atoms with Crippen LogP contribution in [0.25, 0.3) is 0 Å². The summed E-state index contributed by atoms with van der Waals surface area (Å²) in [6.07, 6.45) is -3.62. The van der Waals surface area contributed by atoms with Crippen molar-refractivity contribution in [3.05, 3.63) is 29.8 Å². The Kier molecular flexibility index (Phi) is 4.07. The van der Waals surface area contributed by atoms with Crippen LogP contribution in [0.1, 0.15) is 26.3 Å².